The molecule has 1 saturated heterocycles. The SMILES string of the molecule is CC(C)NC(=O)[C@]1(Cc2ccccc2-c2cccnc2)CCCN(C(=O)[C@@H]2C[C@H]2C)C1. The van der Waals surface area contributed by atoms with E-state index < -0.39 is 5.41 Å². The second-order valence-corrected chi connectivity index (χ2v) is 9.67. The van der Waals surface area contributed by atoms with Gasteiger partial charge in [-0.1, -0.05) is 37.3 Å². The van der Waals surface area contributed by atoms with Crippen LogP contribution in [0.4, 0.5) is 0 Å². The van der Waals surface area contributed by atoms with Crippen molar-refractivity contribution in [2.75, 3.05) is 13.1 Å². The van der Waals surface area contributed by atoms with Crippen molar-refractivity contribution in [1.82, 2.24) is 15.2 Å². The van der Waals surface area contributed by atoms with Crippen LogP contribution in [-0.4, -0.2) is 40.8 Å². The standard InChI is InChI=1S/C26H33N3O2/c1-18(2)28-25(31)26(11-7-13-29(17-26)24(30)23-14-19(23)3)15-20-8-4-5-10-22(20)21-9-6-12-27-16-21/h4-6,8-10,12,16,18-19,23H,7,11,13-15,17H2,1-3H3,(H,28,31)/t19-,23-,26+/m1/s1. The molecule has 0 radical (unpaired) electrons. The van der Waals surface area contributed by atoms with Crippen molar-refractivity contribution >= 4 is 11.8 Å². The summed E-state index contributed by atoms with van der Waals surface area (Å²) in [5.74, 6) is 0.908. The molecule has 1 aromatic carbocycles. The van der Waals surface area contributed by atoms with Crippen LogP contribution in [0.25, 0.3) is 11.1 Å². The van der Waals surface area contributed by atoms with Gasteiger partial charge in [-0.15, -0.1) is 0 Å². The molecule has 1 saturated carbocycles. The van der Waals surface area contributed by atoms with Gasteiger partial charge in [0.05, 0.1) is 5.41 Å². The zero-order valence-corrected chi connectivity index (χ0v) is 18.8. The normalized spacial score (nSPS) is 25.4. The maximum Gasteiger partial charge on any atom is 0.228 e. The highest BCUT2D eigenvalue weighted by Gasteiger charge is 2.48. The number of benzene rings is 1. The molecule has 0 bridgehead atoms. The Morgan fingerprint density at radius 2 is 2.00 bits per heavy atom. The molecule has 1 N–H and O–H groups in total. The molecular formula is C26H33N3O2. The Labute approximate surface area is 185 Å². The first-order valence-electron chi connectivity index (χ1n) is 11.5. The Morgan fingerprint density at radius 1 is 1.23 bits per heavy atom. The number of amides is 2. The zero-order valence-electron chi connectivity index (χ0n) is 18.8. The molecule has 0 unspecified atom stereocenters. The molecule has 1 aromatic heterocycles. The number of carbonyl (C=O) groups is 2. The zero-order chi connectivity index (χ0) is 22.0. The summed E-state index contributed by atoms with van der Waals surface area (Å²) >= 11 is 0. The molecule has 2 aliphatic rings. The van der Waals surface area contributed by atoms with E-state index in [-0.39, 0.29) is 23.8 Å². The average molecular weight is 420 g/mol. The van der Waals surface area contributed by atoms with Gasteiger partial charge < -0.3 is 10.2 Å². The maximum absolute atomic E-state index is 13.5. The fourth-order valence-corrected chi connectivity index (χ4v) is 4.89. The number of pyridine rings is 1. The molecule has 0 spiro atoms. The first-order valence-corrected chi connectivity index (χ1v) is 11.5. The van der Waals surface area contributed by atoms with E-state index in [4.69, 9.17) is 0 Å². The Hall–Kier alpha value is -2.69. The van der Waals surface area contributed by atoms with E-state index in [1.54, 1.807) is 6.20 Å². The predicted molar refractivity (Wildman–Crippen MR) is 122 cm³/mol. The fourth-order valence-electron chi connectivity index (χ4n) is 4.89. The quantitative estimate of drug-likeness (QED) is 0.767. The van der Waals surface area contributed by atoms with E-state index in [1.807, 2.05) is 43.1 Å². The number of hydrogen-bond donors (Lipinski definition) is 1. The van der Waals surface area contributed by atoms with Crippen LogP contribution >= 0.6 is 0 Å². The summed E-state index contributed by atoms with van der Waals surface area (Å²) in [5.41, 5.74) is 2.66. The van der Waals surface area contributed by atoms with Gasteiger partial charge in [-0.25, -0.2) is 0 Å². The van der Waals surface area contributed by atoms with Crippen LogP contribution in [0, 0.1) is 17.3 Å². The molecular weight excluding hydrogens is 386 g/mol. The molecule has 1 aliphatic carbocycles. The van der Waals surface area contributed by atoms with Gasteiger partial charge in [0.25, 0.3) is 0 Å². The van der Waals surface area contributed by atoms with Gasteiger partial charge in [-0.2, -0.15) is 0 Å². The van der Waals surface area contributed by atoms with Crippen molar-refractivity contribution in [1.29, 1.82) is 0 Å². The van der Waals surface area contributed by atoms with Crippen molar-refractivity contribution in [2.45, 2.75) is 52.5 Å². The van der Waals surface area contributed by atoms with Gasteiger partial charge in [0.2, 0.25) is 11.8 Å². The first kappa shape index (κ1) is 21.5. The number of piperidine rings is 1. The van der Waals surface area contributed by atoms with Crippen LogP contribution in [-0.2, 0) is 16.0 Å². The smallest absolute Gasteiger partial charge is 0.228 e. The highest BCUT2D eigenvalue weighted by Crippen LogP contribution is 2.42. The number of likely N-dealkylation sites (tertiary alicyclic amines) is 1. The third kappa shape index (κ3) is 4.65. The largest absolute Gasteiger partial charge is 0.353 e. The topological polar surface area (TPSA) is 62.3 Å². The van der Waals surface area contributed by atoms with Gasteiger partial charge in [0, 0.05) is 43.0 Å². The summed E-state index contributed by atoms with van der Waals surface area (Å²) in [5, 5.41) is 3.16. The van der Waals surface area contributed by atoms with Crippen LogP contribution in [0.2, 0.25) is 0 Å². The fraction of sp³-hybridized carbons (Fsp3) is 0.500. The van der Waals surface area contributed by atoms with Crippen molar-refractivity contribution in [3.63, 3.8) is 0 Å². The number of aromatic nitrogens is 1. The second-order valence-electron chi connectivity index (χ2n) is 9.67. The summed E-state index contributed by atoms with van der Waals surface area (Å²) in [6.45, 7) is 7.37. The minimum atomic E-state index is -0.616. The predicted octanol–water partition coefficient (Wildman–Crippen LogP) is 4.08. The molecule has 5 heteroatoms. The molecule has 1 aliphatic heterocycles. The summed E-state index contributed by atoms with van der Waals surface area (Å²) in [6.07, 6.45) is 6.87. The van der Waals surface area contributed by atoms with Crippen molar-refractivity contribution in [3.8, 4) is 11.1 Å². The molecule has 2 fully saturated rings. The molecule has 3 atom stereocenters. The van der Waals surface area contributed by atoms with E-state index in [1.165, 1.54) is 0 Å². The van der Waals surface area contributed by atoms with Crippen LogP contribution in [0.5, 0.6) is 0 Å². The van der Waals surface area contributed by atoms with Gasteiger partial charge in [-0.05, 0) is 62.6 Å². The van der Waals surface area contributed by atoms with Gasteiger partial charge >= 0.3 is 0 Å². The second kappa shape index (κ2) is 8.81. The van der Waals surface area contributed by atoms with Crippen LogP contribution in [0.3, 0.4) is 0 Å². The van der Waals surface area contributed by atoms with E-state index in [0.29, 0.717) is 18.9 Å². The summed E-state index contributed by atoms with van der Waals surface area (Å²) in [6, 6.07) is 12.3. The van der Waals surface area contributed by atoms with Gasteiger partial charge in [0.1, 0.15) is 0 Å². The number of nitrogens with one attached hydrogen (secondary N) is 1. The minimum Gasteiger partial charge on any atom is -0.353 e. The molecule has 164 valence electrons. The number of nitrogens with zero attached hydrogens (tertiary/aromatic N) is 2. The third-order valence-corrected chi connectivity index (χ3v) is 6.74. The first-order chi connectivity index (χ1) is 14.9. The number of hydrogen-bond acceptors (Lipinski definition) is 3. The number of carbonyl (C=O) groups excluding carboxylic acids is 2. The van der Waals surface area contributed by atoms with Gasteiger partial charge in [-0.3, -0.25) is 14.6 Å². The summed E-state index contributed by atoms with van der Waals surface area (Å²) in [4.78, 5) is 32.8. The van der Waals surface area contributed by atoms with Crippen molar-refractivity contribution in [3.05, 3.63) is 54.4 Å². The Morgan fingerprint density at radius 3 is 2.68 bits per heavy atom. The third-order valence-electron chi connectivity index (χ3n) is 6.74. The lowest BCUT2D eigenvalue weighted by molar-refractivity contribution is -0.142. The molecule has 2 aromatic rings. The molecule has 31 heavy (non-hydrogen) atoms. The van der Waals surface area contributed by atoms with E-state index in [0.717, 1.165) is 42.5 Å². The Balaban J connectivity index is 1.67. The van der Waals surface area contributed by atoms with Gasteiger partial charge in [0.15, 0.2) is 0 Å². The van der Waals surface area contributed by atoms with E-state index >= 15 is 0 Å². The summed E-state index contributed by atoms with van der Waals surface area (Å²) < 4.78 is 0. The monoisotopic (exact) mass is 419 g/mol. The minimum absolute atomic E-state index is 0.0600. The average Bonchev–Trinajstić information content (AvgIpc) is 3.50. The Kier molecular flexibility index (Phi) is 6.12. The van der Waals surface area contributed by atoms with Crippen LogP contribution in [0.15, 0.2) is 48.8 Å². The highest BCUT2D eigenvalue weighted by atomic mass is 16.2. The molecule has 2 amide bonds. The highest BCUT2D eigenvalue weighted by molar-refractivity contribution is 5.87. The lowest BCUT2D eigenvalue weighted by Gasteiger charge is -2.42. The maximum atomic E-state index is 13.5. The molecule has 2 heterocycles. The lowest BCUT2D eigenvalue weighted by atomic mass is 9.73. The van der Waals surface area contributed by atoms with E-state index in [2.05, 4.69) is 35.4 Å². The Bertz CT molecular complexity index is 943. The summed E-state index contributed by atoms with van der Waals surface area (Å²) in [7, 11) is 0. The van der Waals surface area contributed by atoms with E-state index in [9.17, 15) is 9.59 Å². The lowest BCUT2D eigenvalue weighted by Crippen LogP contribution is -2.55. The molecule has 4 rings (SSSR count). The van der Waals surface area contributed by atoms with Crippen LogP contribution in [0.1, 0.15) is 45.6 Å². The van der Waals surface area contributed by atoms with Crippen molar-refractivity contribution in [2.24, 2.45) is 17.3 Å². The van der Waals surface area contributed by atoms with Crippen molar-refractivity contribution < 1.29 is 9.59 Å². The number of rotatable bonds is 6. The molecule has 5 nitrogen and oxygen atoms in total. The van der Waals surface area contributed by atoms with Crippen LogP contribution < -0.4 is 5.32 Å².